The van der Waals surface area contributed by atoms with Crippen LogP contribution in [-0.2, 0) is 5.41 Å². The van der Waals surface area contributed by atoms with E-state index in [-0.39, 0.29) is 5.41 Å². The van der Waals surface area contributed by atoms with Gasteiger partial charge in [0.05, 0.1) is 0 Å². The molecule has 0 atom stereocenters. The first-order valence-corrected chi connectivity index (χ1v) is 37.9. The molecule has 17 aromatic rings. The van der Waals surface area contributed by atoms with Gasteiger partial charge in [-0.05, 0) is 235 Å². The molecule has 1 aliphatic carbocycles. The standard InChI is InChI=1S/C49H36BrN.C48H30Br3N/c1-49(2)46-31-37(41-29-30-48(50)45-16-10-9-15-42(41)45)21-27-43(46)44-28-26-40(32-47(44)49)51(38-22-17-35(18-23-38)33-11-5-3-6-12-33)39-24-19-36(20-25-39)34-13-7-4-8-14-34;49-46-28-25-37(40-7-1-4-10-43(40)46)31-13-19-34(20-14-31)52(35-21-15-32(16-22-35)38-26-29-47(50)44-11-5-2-8-41(38)44)36-23-17-33(18-24-36)39-27-30-48(51)45-12-6-3-9-42(39)45/h3-32H,1-2H3;1-30H. The molecule has 0 radical (unpaired) electrons. The van der Waals surface area contributed by atoms with Crippen LogP contribution in [0.4, 0.5) is 34.1 Å². The summed E-state index contributed by atoms with van der Waals surface area (Å²) >= 11 is 15.0. The number of halogens is 4. The zero-order valence-corrected chi connectivity index (χ0v) is 62.9. The highest BCUT2D eigenvalue weighted by atomic mass is 79.9. The van der Waals surface area contributed by atoms with Gasteiger partial charge in [-0.3, -0.25) is 0 Å². The van der Waals surface area contributed by atoms with Gasteiger partial charge < -0.3 is 9.80 Å². The Labute approximate surface area is 635 Å². The van der Waals surface area contributed by atoms with Gasteiger partial charge in [0, 0.05) is 57.4 Å². The van der Waals surface area contributed by atoms with Crippen LogP contribution in [0.25, 0.3) is 121 Å². The van der Waals surface area contributed by atoms with Crippen LogP contribution in [0.1, 0.15) is 25.0 Å². The molecule has 0 bridgehead atoms. The second-order valence-electron chi connectivity index (χ2n) is 26.8. The fourth-order valence-electron chi connectivity index (χ4n) is 15.2. The summed E-state index contributed by atoms with van der Waals surface area (Å²) in [6.07, 6.45) is 0. The molecule has 0 amide bonds. The number of anilines is 6. The second-order valence-corrected chi connectivity index (χ2v) is 30.2. The van der Waals surface area contributed by atoms with Gasteiger partial charge in [-0.15, -0.1) is 0 Å². The summed E-state index contributed by atoms with van der Waals surface area (Å²) < 4.78 is 4.44. The molecule has 0 saturated carbocycles. The van der Waals surface area contributed by atoms with Crippen LogP contribution in [0, 0.1) is 0 Å². The van der Waals surface area contributed by atoms with E-state index in [4.69, 9.17) is 0 Å². The predicted molar refractivity (Wildman–Crippen MR) is 453 cm³/mol. The van der Waals surface area contributed by atoms with E-state index in [0.29, 0.717) is 0 Å². The molecule has 492 valence electrons. The lowest BCUT2D eigenvalue weighted by atomic mass is 9.81. The normalized spacial score (nSPS) is 12.1. The molecule has 0 spiro atoms. The number of hydrogen-bond donors (Lipinski definition) is 0. The molecule has 0 aliphatic heterocycles. The van der Waals surface area contributed by atoms with Gasteiger partial charge in [-0.2, -0.15) is 0 Å². The third kappa shape index (κ3) is 12.5. The maximum Gasteiger partial charge on any atom is 0.0465 e. The Morgan fingerprint density at radius 2 is 0.408 bits per heavy atom. The van der Waals surface area contributed by atoms with Crippen molar-refractivity contribution in [2.24, 2.45) is 0 Å². The molecule has 2 nitrogen and oxygen atoms in total. The molecule has 17 aromatic carbocycles. The Bertz CT molecular complexity index is 5650. The van der Waals surface area contributed by atoms with E-state index < -0.39 is 0 Å². The van der Waals surface area contributed by atoms with E-state index in [9.17, 15) is 0 Å². The minimum Gasteiger partial charge on any atom is -0.311 e. The molecule has 0 saturated heterocycles. The molecule has 0 N–H and O–H groups in total. The Kier molecular flexibility index (Phi) is 17.8. The van der Waals surface area contributed by atoms with E-state index in [2.05, 4.69) is 451 Å². The summed E-state index contributed by atoms with van der Waals surface area (Å²) in [6, 6.07) is 132. The topological polar surface area (TPSA) is 6.48 Å². The zero-order valence-electron chi connectivity index (χ0n) is 56.5. The number of benzene rings is 17. The van der Waals surface area contributed by atoms with E-state index in [1.807, 2.05) is 0 Å². The van der Waals surface area contributed by atoms with Crippen LogP contribution < -0.4 is 9.80 Å². The quantitative estimate of drug-likeness (QED) is 0.120. The van der Waals surface area contributed by atoms with Crippen molar-refractivity contribution < 1.29 is 0 Å². The molecule has 1 aliphatic rings. The summed E-state index contributed by atoms with van der Waals surface area (Å²) in [7, 11) is 0. The fraction of sp³-hybridized carbons (Fsp3) is 0.0309. The van der Waals surface area contributed by atoms with E-state index in [1.165, 1.54) is 132 Å². The van der Waals surface area contributed by atoms with Crippen LogP contribution >= 0.6 is 63.7 Å². The van der Waals surface area contributed by atoms with Crippen molar-refractivity contribution in [3.8, 4) is 77.9 Å². The van der Waals surface area contributed by atoms with Crippen LogP contribution in [0.5, 0.6) is 0 Å². The number of nitrogens with zero attached hydrogens (tertiary/aromatic N) is 2. The third-order valence-corrected chi connectivity index (χ3v) is 23.3. The molecular formula is C97H66Br4N2. The van der Waals surface area contributed by atoms with Gasteiger partial charge in [0.1, 0.15) is 0 Å². The van der Waals surface area contributed by atoms with Gasteiger partial charge in [-0.25, -0.2) is 0 Å². The zero-order chi connectivity index (χ0) is 69.7. The van der Waals surface area contributed by atoms with E-state index >= 15 is 0 Å². The summed E-state index contributed by atoms with van der Waals surface area (Å²) in [5.74, 6) is 0. The number of hydrogen-bond acceptors (Lipinski definition) is 2. The first-order valence-electron chi connectivity index (χ1n) is 34.7. The van der Waals surface area contributed by atoms with Crippen molar-refractivity contribution in [3.63, 3.8) is 0 Å². The average molecular weight is 1580 g/mol. The van der Waals surface area contributed by atoms with E-state index in [0.717, 1.165) is 52.0 Å². The molecule has 6 heteroatoms. The number of rotatable bonds is 12. The fourth-order valence-corrected chi connectivity index (χ4v) is 17.1. The number of fused-ring (bicyclic) bond motifs is 7. The van der Waals surface area contributed by atoms with Crippen molar-refractivity contribution in [3.05, 3.63) is 393 Å². The maximum atomic E-state index is 3.77. The highest BCUT2D eigenvalue weighted by Crippen LogP contribution is 2.53. The summed E-state index contributed by atoms with van der Waals surface area (Å²) in [5, 5.41) is 9.82. The van der Waals surface area contributed by atoms with Gasteiger partial charge in [0.15, 0.2) is 0 Å². The Morgan fingerprint density at radius 3 is 0.738 bits per heavy atom. The second kappa shape index (κ2) is 27.9. The Morgan fingerprint density at radius 1 is 0.184 bits per heavy atom. The molecule has 0 fully saturated rings. The summed E-state index contributed by atoms with van der Waals surface area (Å²) in [6.45, 7) is 4.75. The van der Waals surface area contributed by atoms with Gasteiger partial charge >= 0.3 is 0 Å². The smallest absolute Gasteiger partial charge is 0.0465 e. The third-order valence-electron chi connectivity index (χ3n) is 20.5. The van der Waals surface area contributed by atoms with Crippen molar-refractivity contribution in [1.29, 1.82) is 0 Å². The van der Waals surface area contributed by atoms with Crippen LogP contribution in [0.3, 0.4) is 0 Å². The Hall–Kier alpha value is -10.7. The molecule has 0 heterocycles. The molecule has 0 aromatic heterocycles. The predicted octanol–water partition coefficient (Wildman–Crippen LogP) is 30.3. The highest BCUT2D eigenvalue weighted by Gasteiger charge is 2.37. The minimum absolute atomic E-state index is 0.179. The summed E-state index contributed by atoms with van der Waals surface area (Å²) in [4.78, 5) is 4.73. The maximum absolute atomic E-state index is 3.77. The van der Waals surface area contributed by atoms with Crippen LogP contribution in [-0.4, -0.2) is 0 Å². The van der Waals surface area contributed by atoms with Gasteiger partial charge in [0.2, 0.25) is 0 Å². The largest absolute Gasteiger partial charge is 0.311 e. The lowest BCUT2D eigenvalue weighted by Crippen LogP contribution is -2.16. The average Bonchev–Trinajstić information content (AvgIpc) is 1.35. The first kappa shape index (κ1) is 65.6. The SMILES string of the molecule is Brc1ccc(-c2ccc(N(c3ccc(-c4ccc(Br)c5ccccc45)cc3)c3ccc(-c4ccc(Br)c5ccccc45)cc3)cc2)c2ccccc12.CC1(C)c2cc(-c3ccc(Br)c4ccccc34)ccc2-c2ccc(N(c3ccc(-c4ccccc4)cc3)c3ccc(-c4ccccc4)cc3)cc21. The first-order chi connectivity index (χ1) is 50.5. The van der Waals surface area contributed by atoms with Crippen molar-refractivity contribution >= 4 is 141 Å². The summed E-state index contributed by atoms with van der Waals surface area (Å²) in [5.41, 5.74) is 26.4. The highest BCUT2D eigenvalue weighted by molar-refractivity contribution is 9.11. The van der Waals surface area contributed by atoms with Gasteiger partial charge in [0.25, 0.3) is 0 Å². The van der Waals surface area contributed by atoms with Crippen molar-refractivity contribution in [2.75, 3.05) is 9.80 Å². The molecular weight excluding hydrogens is 1510 g/mol. The molecule has 0 unspecified atom stereocenters. The lowest BCUT2D eigenvalue weighted by molar-refractivity contribution is 0.660. The van der Waals surface area contributed by atoms with Crippen molar-refractivity contribution in [2.45, 2.75) is 19.3 Å². The minimum atomic E-state index is -0.179. The monoisotopic (exact) mass is 1570 g/mol. The Balaban J connectivity index is 0.000000153. The lowest BCUT2D eigenvalue weighted by Gasteiger charge is -2.28. The van der Waals surface area contributed by atoms with E-state index in [1.54, 1.807) is 0 Å². The molecule has 18 rings (SSSR count). The van der Waals surface area contributed by atoms with Crippen LogP contribution in [0.15, 0.2) is 382 Å². The van der Waals surface area contributed by atoms with Crippen molar-refractivity contribution in [1.82, 2.24) is 0 Å². The molecule has 103 heavy (non-hydrogen) atoms. The van der Waals surface area contributed by atoms with Gasteiger partial charge in [-0.1, -0.05) is 338 Å². The van der Waals surface area contributed by atoms with Crippen LogP contribution in [0.2, 0.25) is 0 Å².